The molecule has 0 fully saturated rings. The summed E-state index contributed by atoms with van der Waals surface area (Å²) >= 11 is 0. The molecule has 2 unspecified atom stereocenters. The Morgan fingerprint density at radius 3 is 2.07 bits per heavy atom. The number of carbonyl (C=O) groups is 4. The maximum Gasteiger partial charge on any atom is 0.430 e. The van der Waals surface area contributed by atoms with Crippen molar-refractivity contribution < 1.29 is 55.0 Å². The van der Waals surface area contributed by atoms with E-state index in [4.69, 9.17) is 9.47 Å². The average molecular weight is 596 g/mol. The van der Waals surface area contributed by atoms with Gasteiger partial charge < -0.3 is 9.47 Å². The van der Waals surface area contributed by atoms with Gasteiger partial charge in [-0.05, 0) is 37.6 Å². The van der Waals surface area contributed by atoms with Gasteiger partial charge in [-0.3, -0.25) is 24.3 Å². The van der Waals surface area contributed by atoms with Crippen LogP contribution in [0.25, 0.3) is 0 Å². The molecular formula is C28H22F6N2O6. The van der Waals surface area contributed by atoms with Crippen molar-refractivity contribution >= 4 is 29.5 Å². The van der Waals surface area contributed by atoms with Crippen LogP contribution in [0.1, 0.15) is 51.6 Å². The van der Waals surface area contributed by atoms with E-state index in [2.05, 4.69) is 4.99 Å². The van der Waals surface area contributed by atoms with E-state index < -0.39 is 89.2 Å². The third kappa shape index (κ3) is 5.78. The van der Waals surface area contributed by atoms with Gasteiger partial charge in [-0.25, -0.2) is 4.79 Å². The van der Waals surface area contributed by atoms with E-state index in [-0.39, 0.29) is 17.7 Å². The monoisotopic (exact) mass is 596 g/mol. The van der Waals surface area contributed by atoms with Gasteiger partial charge in [0.05, 0.1) is 35.4 Å². The molecule has 0 saturated heterocycles. The first kappa shape index (κ1) is 30.5. The fourth-order valence-corrected chi connectivity index (χ4v) is 4.87. The molecule has 42 heavy (non-hydrogen) atoms. The number of benzene rings is 2. The number of halogens is 6. The SMILES string of the molecule is CCOC(=O)C1C(C(F)(F)F)=NC(C)=C(C(=O)OCCN2C(=O)c3ccccc3C2=O)C1c1cccc(C(F)(F)F)c1. The number of rotatable bonds is 7. The number of fused-ring (bicyclic) bond motifs is 1. The van der Waals surface area contributed by atoms with Crippen molar-refractivity contribution in [3.63, 3.8) is 0 Å². The van der Waals surface area contributed by atoms with E-state index >= 15 is 0 Å². The summed E-state index contributed by atoms with van der Waals surface area (Å²) in [6.07, 6.45) is -10.1. The minimum Gasteiger partial charge on any atom is -0.465 e. The molecule has 2 aliphatic heterocycles. The number of allylic oxidation sites excluding steroid dienone is 1. The van der Waals surface area contributed by atoms with Crippen LogP contribution >= 0.6 is 0 Å². The highest BCUT2D eigenvalue weighted by Crippen LogP contribution is 2.44. The quantitative estimate of drug-likeness (QED) is 0.251. The number of ether oxygens (including phenoxy) is 2. The number of hydrogen-bond acceptors (Lipinski definition) is 7. The zero-order chi connectivity index (χ0) is 31.0. The van der Waals surface area contributed by atoms with Crippen LogP contribution in [0.5, 0.6) is 0 Å². The van der Waals surface area contributed by atoms with E-state index in [1.807, 2.05) is 0 Å². The number of imide groups is 1. The molecule has 2 aliphatic rings. The van der Waals surface area contributed by atoms with Gasteiger partial charge in [0, 0.05) is 11.6 Å². The average Bonchev–Trinajstić information content (AvgIpc) is 3.16. The summed E-state index contributed by atoms with van der Waals surface area (Å²) in [6, 6.07) is 9.17. The molecule has 0 aromatic heterocycles. The first-order valence-electron chi connectivity index (χ1n) is 12.5. The normalized spacial score (nSPS) is 19.0. The van der Waals surface area contributed by atoms with Crippen LogP contribution in [-0.4, -0.2) is 60.3 Å². The van der Waals surface area contributed by atoms with Gasteiger partial charge in [0.1, 0.15) is 18.2 Å². The molecule has 4 rings (SSSR count). The summed E-state index contributed by atoms with van der Waals surface area (Å²) in [6.45, 7) is 0.959. The third-order valence-electron chi connectivity index (χ3n) is 6.67. The zero-order valence-electron chi connectivity index (χ0n) is 22.0. The Hall–Kier alpha value is -4.49. The fourth-order valence-electron chi connectivity index (χ4n) is 4.87. The molecule has 2 amide bonds. The Kier molecular flexibility index (Phi) is 8.28. The van der Waals surface area contributed by atoms with Crippen LogP contribution in [-0.2, 0) is 25.2 Å². The number of hydrogen-bond donors (Lipinski definition) is 0. The van der Waals surface area contributed by atoms with Crippen LogP contribution in [0.4, 0.5) is 26.3 Å². The number of amides is 2. The van der Waals surface area contributed by atoms with Crippen molar-refractivity contribution in [3.8, 4) is 0 Å². The van der Waals surface area contributed by atoms with Gasteiger partial charge in [-0.15, -0.1) is 0 Å². The van der Waals surface area contributed by atoms with E-state index in [0.29, 0.717) is 12.1 Å². The van der Waals surface area contributed by atoms with E-state index in [1.165, 1.54) is 19.1 Å². The highest BCUT2D eigenvalue weighted by Gasteiger charge is 2.53. The number of aliphatic imine (C=N–C) groups is 1. The lowest BCUT2D eigenvalue weighted by Gasteiger charge is -2.33. The second-order valence-corrected chi connectivity index (χ2v) is 9.27. The Labute approximate surface area is 234 Å². The summed E-state index contributed by atoms with van der Waals surface area (Å²) in [5, 5.41) is 0. The minimum absolute atomic E-state index is 0.135. The van der Waals surface area contributed by atoms with Crippen molar-refractivity contribution in [1.82, 2.24) is 4.90 Å². The number of esters is 2. The van der Waals surface area contributed by atoms with Crippen molar-refractivity contribution in [1.29, 1.82) is 0 Å². The van der Waals surface area contributed by atoms with Crippen LogP contribution < -0.4 is 0 Å². The van der Waals surface area contributed by atoms with Gasteiger partial charge >= 0.3 is 24.3 Å². The van der Waals surface area contributed by atoms with Crippen LogP contribution in [0.3, 0.4) is 0 Å². The molecule has 0 bridgehead atoms. The maximum atomic E-state index is 14.1. The van der Waals surface area contributed by atoms with Gasteiger partial charge in [0.25, 0.3) is 11.8 Å². The molecule has 2 aromatic carbocycles. The Bertz CT molecular complexity index is 1480. The van der Waals surface area contributed by atoms with Crippen LogP contribution in [0, 0.1) is 5.92 Å². The highest BCUT2D eigenvalue weighted by molar-refractivity contribution is 6.21. The molecule has 222 valence electrons. The van der Waals surface area contributed by atoms with E-state index in [9.17, 15) is 45.5 Å². The predicted octanol–water partition coefficient (Wildman–Crippen LogP) is 5.10. The first-order valence-corrected chi connectivity index (χ1v) is 12.5. The first-order chi connectivity index (χ1) is 19.7. The van der Waals surface area contributed by atoms with Gasteiger partial charge in [-0.2, -0.15) is 26.3 Å². The van der Waals surface area contributed by atoms with Crippen molar-refractivity contribution in [2.24, 2.45) is 10.9 Å². The van der Waals surface area contributed by atoms with Crippen LogP contribution in [0.2, 0.25) is 0 Å². The largest absolute Gasteiger partial charge is 0.465 e. The standard InChI is InChI=1S/C28H22F6N2O6/c1-3-41-26(40)21-20(15-7-6-8-16(13-15)27(29,30)31)19(14(2)35-22(21)28(32,33)34)25(39)42-12-11-36-23(37)17-9-4-5-10-18(17)24(36)38/h4-10,13,20-21H,3,11-12H2,1-2H3. The molecule has 0 spiro atoms. The predicted molar refractivity (Wildman–Crippen MR) is 133 cm³/mol. The zero-order valence-corrected chi connectivity index (χ0v) is 22.0. The smallest absolute Gasteiger partial charge is 0.430 e. The topological polar surface area (TPSA) is 102 Å². The van der Waals surface area contributed by atoms with Gasteiger partial charge in [0.2, 0.25) is 0 Å². The Balaban J connectivity index is 1.71. The molecule has 2 aromatic rings. The van der Waals surface area contributed by atoms with Gasteiger partial charge in [-0.1, -0.05) is 30.3 Å². The summed E-state index contributed by atoms with van der Waals surface area (Å²) < 4.78 is 92.9. The number of nitrogens with zero attached hydrogens (tertiary/aromatic N) is 2. The number of alkyl halides is 6. The van der Waals surface area contributed by atoms with E-state index in [0.717, 1.165) is 24.0 Å². The fraction of sp³-hybridized carbons (Fsp3) is 0.321. The summed E-state index contributed by atoms with van der Waals surface area (Å²) in [5.41, 5.74) is -4.20. The molecule has 2 heterocycles. The minimum atomic E-state index is -5.21. The molecular weight excluding hydrogens is 574 g/mol. The second-order valence-electron chi connectivity index (χ2n) is 9.27. The van der Waals surface area contributed by atoms with Crippen molar-refractivity contribution in [2.75, 3.05) is 19.8 Å². The lowest BCUT2D eigenvalue weighted by molar-refractivity contribution is -0.148. The highest BCUT2D eigenvalue weighted by atomic mass is 19.4. The second kappa shape index (κ2) is 11.4. The van der Waals surface area contributed by atoms with Crippen molar-refractivity contribution in [3.05, 3.63) is 82.1 Å². The summed E-state index contributed by atoms with van der Waals surface area (Å²) in [5.74, 6) is -8.32. The summed E-state index contributed by atoms with van der Waals surface area (Å²) in [7, 11) is 0. The Morgan fingerprint density at radius 1 is 0.905 bits per heavy atom. The molecule has 0 aliphatic carbocycles. The third-order valence-corrected chi connectivity index (χ3v) is 6.67. The molecule has 0 saturated carbocycles. The number of carbonyl (C=O) groups excluding carboxylic acids is 4. The van der Waals surface area contributed by atoms with E-state index in [1.54, 1.807) is 12.1 Å². The molecule has 2 atom stereocenters. The molecule has 0 N–H and O–H groups in total. The maximum absolute atomic E-state index is 14.1. The van der Waals surface area contributed by atoms with Crippen LogP contribution in [0.15, 0.2) is 64.8 Å². The lowest BCUT2D eigenvalue weighted by Crippen LogP contribution is -2.44. The molecule has 14 heteroatoms. The molecule has 8 nitrogen and oxygen atoms in total. The summed E-state index contributed by atoms with van der Waals surface area (Å²) in [4.78, 5) is 55.6. The molecule has 0 radical (unpaired) electrons. The Morgan fingerprint density at radius 2 is 1.52 bits per heavy atom. The lowest BCUT2D eigenvalue weighted by atomic mass is 9.74. The van der Waals surface area contributed by atoms with Crippen molar-refractivity contribution in [2.45, 2.75) is 32.1 Å². The van der Waals surface area contributed by atoms with Gasteiger partial charge in [0.15, 0.2) is 0 Å².